The first kappa shape index (κ1) is 12.7. The first-order valence-corrected chi connectivity index (χ1v) is 8.01. The first-order chi connectivity index (χ1) is 8.79. The molecule has 2 heterocycles. The molecule has 3 nitrogen and oxygen atoms in total. The highest BCUT2D eigenvalue weighted by Crippen LogP contribution is 2.40. The van der Waals surface area contributed by atoms with Gasteiger partial charge in [-0.3, -0.25) is 0 Å². The molecule has 2 aliphatic rings. The lowest BCUT2D eigenvalue weighted by Crippen LogP contribution is -2.46. The molecule has 1 aromatic rings. The Morgan fingerprint density at radius 1 is 1.28 bits per heavy atom. The summed E-state index contributed by atoms with van der Waals surface area (Å²) in [7, 11) is 0. The first-order valence-electron chi connectivity index (χ1n) is 6.82. The van der Waals surface area contributed by atoms with Gasteiger partial charge in [-0.15, -0.1) is 0 Å². The Kier molecular flexibility index (Phi) is 3.78. The summed E-state index contributed by atoms with van der Waals surface area (Å²) in [6.45, 7) is 1.09. The fourth-order valence-electron chi connectivity index (χ4n) is 3.40. The average molecular weight is 287 g/mol. The molecule has 2 fully saturated rings. The number of thiazole rings is 1. The van der Waals surface area contributed by atoms with Crippen LogP contribution in [0.5, 0.6) is 0 Å². The monoisotopic (exact) mass is 286 g/mol. The fourth-order valence-corrected chi connectivity index (χ4v) is 4.61. The van der Waals surface area contributed by atoms with E-state index in [0.29, 0.717) is 11.2 Å². The van der Waals surface area contributed by atoms with Crippen molar-refractivity contribution in [3.8, 4) is 0 Å². The van der Waals surface area contributed by atoms with Crippen LogP contribution in [-0.4, -0.2) is 22.7 Å². The van der Waals surface area contributed by atoms with E-state index in [1.165, 1.54) is 38.5 Å². The van der Waals surface area contributed by atoms with Gasteiger partial charge >= 0.3 is 0 Å². The number of nitrogens with zero attached hydrogens (tertiary/aromatic N) is 2. The van der Waals surface area contributed by atoms with Gasteiger partial charge in [-0.2, -0.15) is 0 Å². The topological polar surface area (TPSA) is 36.4 Å². The van der Waals surface area contributed by atoms with Crippen molar-refractivity contribution in [1.29, 1.82) is 0 Å². The largest absolute Gasteiger partial charge is 0.391 e. The molecular weight excluding hydrogens is 268 g/mol. The fraction of sp³-hybridized carbons (Fsp3) is 0.769. The molecule has 0 amide bonds. The van der Waals surface area contributed by atoms with Crippen LogP contribution in [0, 0.1) is 5.92 Å². The minimum Gasteiger partial charge on any atom is -0.391 e. The summed E-state index contributed by atoms with van der Waals surface area (Å²) in [6.07, 6.45) is 8.00. The van der Waals surface area contributed by atoms with E-state index < -0.39 is 0 Å². The number of rotatable bonds is 2. The lowest BCUT2D eigenvalue weighted by Gasteiger charge is -2.44. The van der Waals surface area contributed by atoms with E-state index in [9.17, 15) is 5.11 Å². The number of halogens is 1. The highest BCUT2D eigenvalue weighted by molar-refractivity contribution is 7.16. The molecule has 0 unspecified atom stereocenters. The minimum absolute atomic E-state index is 0.00155. The molecule has 0 aromatic carbocycles. The highest BCUT2D eigenvalue weighted by atomic mass is 35.5. The van der Waals surface area contributed by atoms with Gasteiger partial charge in [0.15, 0.2) is 5.13 Å². The van der Waals surface area contributed by atoms with Crippen LogP contribution < -0.4 is 4.90 Å². The number of piperidine rings is 1. The summed E-state index contributed by atoms with van der Waals surface area (Å²) < 4.78 is 0. The Hall–Kier alpha value is -0.320. The molecule has 1 saturated carbocycles. The molecule has 1 N–H and O–H groups in total. The molecule has 1 aromatic heterocycles. The summed E-state index contributed by atoms with van der Waals surface area (Å²) in [5, 5.41) is 10.7. The smallest absolute Gasteiger partial charge is 0.187 e. The quantitative estimate of drug-likeness (QED) is 0.905. The molecule has 1 aliphatic heterocycles. The molecule has 100 valence electrons. The van der Waals surface area contributed by atoms with Crippen LogP contribution in [0.15, 0.2) is 0 Å². The second-order valence-electron chi connectivity index (χ2n) is 5.32. The van der Waals surface area contributed by atoms with Crippen molar-refractivity contribution in [2.75, 3.05) is 11.4 Å². The van der Waals surface area contributed by atoms with E-state index >= 15 is 0 Å². The van der Waals surface area contributed by atoms with Crippen molar-refractivity contribution in [2.24, 2.45) is 5.92 Å². The zero-order chi connectivity index (χ0) is 12.5. The third kappa shape index (κ3) is 2.26. The van der Waals surface area contributed by atoms with Crippen LogP contribution in [0.3, 0.4) is 0 Å². The zero-order valence-electron chi connectivity index (χ0n) is 10.4. The van der Waals surface area contributed by atoms with E-state index in [2.05, 4.69) is 9.88 Å². The van der Waals surface area contributed by atoms with E-state index in [1.807, 2.05) is 0 Å². The molecule has 2 atom stereocenters. The average Bonchev–Trinajstić information content (AvgIpc) is 2.79. The standard InChI is InChI=1S/C13H19ClN2OS/c14-12-11(8-17)18-13(15-12)16-7-3-5-9-4-1-2-6-10(9)16/h9-10,17H,1-8H2/t9-,10-/m1/s1. The SMILES string of the molecule is OCc1sc(N2CCC[C@H]3CCCC[C@H]32)nc1Cl. The second-order valence-corrected chi connectivity index (χ2v) is 6.74. The van der Waals surface area contributed by atoms with E-state index in [4.69, 9.17) is 11.6 Å². The van der Waals surface area contributed by atoms with Crippen molar-refractivity contribution in [3.63, 3.8) is 0 Å². The summed E-state index contributed by atoms with van der Waals surface area (Å²) in [5.74, 6) is 0.841. The van der Waals surface area contributed by atoms with Gasteiger partial charge < -0.3 is 10.0 Å². The van der Waals surface area contributed by atoms with Crippen molar-refractivity contribution >= 4 is 28.1 Å². The van der Waals surface area contributed by atoms with Gasteiger partial charge in [0.05, 0.1) is 11.5 Å². The van der Waals surface area contributed by atoms with Gasteiger partial charge in [0.1, 0.15) is 5.15 Å². The predicted octanol–water partition coefficient (Wildman–Crippen LogP) is 3.45. The molecule has 0 radical (unpaired) electrons. The number of hydrogen-bond acceptors (Lipinski definition) is 4. The summed E-state index contributed by atoms with van der Waals surface area (Å²) in [6, 6.07) is 0.654. The normalized spacial score (nSPS) is 28.2. The lowest BCUT2D eigenvalue weighted by atomic mass is 9.78. The Balaban J connectivity index is 1.84. The van der Waals surface area contributed by atoms with E-state index in [1.54, 1.807) is 11.3 Å². The van der Waals surface area contributed by atoms with Gasteiger partial charge in [-0.1, -0.05) is 35.8 Å². The van der Waals surface area contributed by atoms with Gasteiger partial charge in [-0.05, 0) is 31.6 Å². The third-order valence-corrected chi connectivity index (χ3v) is 5.77. The molecule has 3 rings (SSSR count). The lowest BCUT2D eigenvalue weighted by molar-refractivity contribution is 0.243. The van der Waals surface area contributed by atoms with Crippen LogP contribution in [0.1, 0.15) is 43.4 Å². The van der Waals surface area contributed by atoms with Crippen molar-refractivity contribution < 1.29 is 5.11 Å². The molecule has 0 bridgehead atoms. The van der Waals surface area contributed by atoms with Gasteiger partial charge in [-0.25, -0.2) is 4.98 Å². The molecule has 5 heteroatoms. The van der Waals surface area contributed by atoms with Crippen LogP contribution >= 0.6 is 22.9 Å². The maximum Gasteiger partial charge on any atom is 0.187 e. The van der Waals surface area contributed by atoms with Gasteiger partial charge in [0.25, 0.3) is 0 Å². The zero-order valence-corrected chi connectivity index (χ0v) is 12.0. The predicted molar refractivity (Wildman–Crippen MR) is 75.4 cm³/mol. The summed E-state index contributed by atoms with van der Waals surface area (Å²) >= 11 is 7.61. The van der Waals surface area contributed by atoms with Crippen molar-refractivity contribution in [3.05, 3.63) is 10.0 Å². The highest BCUT2D eigenvalue weighted by Gasteiger charge is 2.34. The summed E-state index contributed by atoms with van der Waals surface area (Å²) in [4.78, 5) is 7.69. The van der Waals surface area contributed by atoms with Crippen LogP contribution in [0.25, 0.3) is 0 Å². The molecule has 1 saturated heterocycles. The van der Waals surface area contributed by atoms with Crippen LogP contribution in [-0.2, 0) is 6.61 Å². The number of aliphatic hydroxyl groups is 1. The number of aromatic nitrogens is 1. The number of fused-ring (bicyclic) bond motifs is 1. The Morgan fingerprint density at radius 2 is 2.06 bits per heavy atom. The van der Waals surface area contributed by atoms with Crippen LogP contribution in [0.4, 0.5) is 5.13 Å². The molecule has 18 heavy (non-hydrogen) atoms. The Morgan fingerprint density at radius 3 is 2.83 bits per heavy atom. The Bertz CT molecular complexity index is 421. The van der Waals surface area contributed by atoms with Crippen LogP contribution in [0.2, 0.25) is 5.15 Å². The van der Waals surface area contributed by atoms with Gasteiger partial charge in [0, 0.05) is 12.6 Å². The third-order valence-electron chi connectivity index (χ3n) is 4.27. The maximum atomic E-state index is 9.23. The number of aliphatic hydroxyl groups excluding tert-OH is 1. The minimum atomic E-state index is -0.00155. The van der Waals surface area contributed by atoms with Crippen molar-refractivity contribution in [2.45, 2.75) is 51.2 Å². The van der Waals surface area contributed by atoms with Crippen molar-refractivity contribution in [1.82, 2.24) is 4.98 Å². The molecule has 0 spiro atoms. The maximum absolute atomic E-state index is 9.23. The van der Waals surface area contributed by atoms with E-state index in [0.717, 1.165) is 22.5 Å². The van der Waals surface area contributed by atoms with Gasteiger partial charge in [0.2, 0.25) is 0 Å². The second kappa shape index (κ2) is 5.35. The molecular formula is C13H19ClN2OS. The summed E-state index contributed by atoms with van der Waals surface area (Å²) in [5.41, 5.74) is 0. The van der Waals surface area contributed by atoms with E-state index in [-0.39, 0.29) is 6.61 Å². The number of anilines is 1. The Labute approximate surface area is 117 Å². The molecule has 1 aliphatic carbocycles. The number of hydrogen-bond donors (Lipinski definition) is 1.